The molecule has 1 fully saturated rings. The number of nitrogens with zero attached hydrogens (tertiary/aromatic N) is 2. The number of anilines is 1. The quantitative estimate of drug-likeness (QED) is 0.722. The van der Waals surface area contributed by atoms with Crippen LogP contribution in [0.3, 0.4) is 0 Å². The Morgan fingerprint density at radius 1 is 1.07 bits per heavy atom. The van der Waals surface area contributed by atoms with Crippen LogP contribution >= 0.6 is 0 Å². The molecule has 1 N–H and O–H groups in total. The van der Waals surface area contributed by atoms with Gasteiger partial charge in [0.15, 0.2) is 0 Å². The minimum atomic E-state index is -3.83. The Hall–Kier alpha value is -2.65. The lowest BCUT2D eigenvalue weighted by atomic mass is 10.2. The van der Waals surface area contributed by atoms with Gasteiger partial charge < -0.3 is 14.5 Å². The molecule has 1 atom stereocenters. The summed E-state index contributed by atoms with van der Waals surface area (Å²) in [7, 11) is -3.83. The molecule has 0 saturated carbocycles. The van der Waals surface area contributed by atoms with E-state index in [9.17, 15) is 17.6 Å². The lowest BCUT2D eigenvalue weighted by Gasteiger charge is -2.37. The molecule has 0 spiro atoms. The minimum absolute atomic E-state index is 0.0757. The lowest BCUT2D eigenvalue weighted by Crippen LogP contribution is -2.54. The summed E-state index contributed by atoms with van der Waals surface area (Å²) in [5.41, 5.74) is 0.896. The summed E-state index contributed by atoms with van der Waals surface area (Å²) in [5, 5.41) is 0. The van der Waals surface area contributed by atoms with Gasteiger partial charge in [0.25, 0.3) is 0 Å². The zero-order valence-corrected chi connectivity index (χ0v) is 17.9. The van der Waals surface area contributed by atoms with Crippen molar-refractivity contribution in [1.82, 2.24) is 9.62 Å². The molecule has 3 rings (SSSR count). The summed E-state index contributed by atoms with van der Waals surface area (Å²) < 4.78 is 46.1. The molecule has 2 aromatic carbocycles. The molecule has 9 heteroatoms. The predicted octanol–water partition coefficient (Wildman–Crippen LogP) is 2.24. The van der Waals surface area contributed by atoms with E-state index in [1.165, 1.54) is 24.3 Å². The highest BCUT2D eigenvalue weighted by Gasteiger charge is 2.28. The molecule has 1 aliphatic heterocycles. The second-order valence-corrected chi connectivity index (χ2v) is 8.75. The molecule has 1 heterocycles. The van der Waals surface area contributed by atoms with E-state index in [4.69, 9.17) is 4.74 Å². The third-order valence-corrected chi connectivity index (χ3v) is 6.49. The highest BCUT2D eigenvalue weighted by molar-refractivity contribution is 7.89. The van der Waals surface area contributed by atoms with Crippen LogP contribution in [0, 0.1) is 5.82 Å². The van der Waals surface area contributed by atoms with Gasteiger partial charge >= 0.3 is 0 Å². The molecule has 0 aliphatic carbocycles. The summed E-state index contributed by atoms with van der Waals surface area (Å²) >= 11 is 0. The number of sulfonamides is 1. The van der Waals surface area contributed by atoms with Crippen molar-refractivity contribution in [3.63, 3.8) is 0 Å². The molecule has 1 amide bonds. The molecule has 1 aliphatic rings. The third kappa shape index (κ3) is 5.28. The van der Waals surface area contributed by atoms with Crippen LogP contribution in [0.4, 0.5) is 10.1 Å². The van der Waals surface area contributed by atoms with Crippen LogP contribution in [0.2, 0.25) is 0 Å². The van der Waals surface area contributed by atoms with E-state index in [1.54, 1.807) is 36.1 Å². The summed E-state index contributed by atoms with van der Waals surface area (Å²) in [6, 6.07) is 11.4. The average molecular weight is 436 g/mol. The van der Waals surface area contributed by atoms with Gasteiger partial charge in [0, 0.05) is 31.9 Å². The highest BCUT2D eigenvalue weighted by atomic mass is 32.2. The van der Waals surface area contributed by atoms with Crippen molar-refractivity contribution in [3.05, 3.63) is 54.3 Å². The molecule has 0 radical (unpaired) electrons. The van der Waals surface area contributed by atoms with Crippen LogP contribution < -0.4 is 14.4 Å². The van der Waals surface area contributed by atoms with Crippen LogP contribution in [0.15, 0.2) is 53.4 Å². The topological polar surface area (TPSA) is 78.9 Å². The van der Waals surface area contributed by atoms with Gasteiger partial charge in [0.05, 0.1) is 17.5 Å². The van der Waals surface area contributed by atoms with Crippen molar-refractivity contribution >= 4 is 21.6 Å². The van der Waals surface area contributed by atoms with E-state index in [2.05, 4.69) is 9.62 Å². The van der Waals surface area contributed by atoms with E-state index in [0.29, 0.717) is 38.5 Å². The summed E-state index contributed by atoms with van der Waals surface area (Å²) in [6.45, 7) is 5.99. The molecule has 162 valence electrons. The van der Waals surface area contributed by atoms with E-state index < -0.39 is 16.1 Å². The Morgan fingerprint density at radius 3 is 2.23 bits per heavy atom. The standard InChI is InChI=1S/C21H26FN3O4S/c1-3-29-19-8-10-20(11-9-19)30(27,28)23-16(2)21(26)25-14-12-24(13-15-25)18-6-4-17(22)5-7-18/h4-11,16,23H,3,12-15H2,1-2H3/t16-/m0/s1. The first-order valence-corrected chi connectivity index (χ1v) is 11.3. The first-order valence-electron chi connectivity index (χ1n) is 9.84. The van der Waals surface area contributed by atoms with Crippen LogP contribution in [0.5, 0.6) is 5.75 Å². The normalized spacial score (nSPS) is 15.7. The van der Waals surface area contributed by atoms with Gasteiger partial charge in [-0.1, -0.05) is 0 Å². The second-order valence-electron chi connectivity index (χ2n) is 7.04. The zero-order chi connectivity index (χ0) is 21.7. The number of nitrogens with one attached hydrogen (secondary N) is 1. The fourth-order valence-corrected chi connectivity index (χ4v) is 4.54. The Kier molecular flexibility index (Phi) is 6.94. The maximum absolute atomic E-state index is 13.1. The molecule has 0 aromatic heterocycles. The van der Waals surface area contributed by atoms with E-state index in [-0.39, 0.29) is 16.6 Å². The fourth-order valence-electron chi connectivity index (χ4n) is 3.34. The van der Waals surface area contributed by atoms with Crippen molar-refractivity contribution in [2.24, 2.45) is 0 Å². The Morgan fingerprint density at radius 2 is 1.67 bits per heavy atom. The van der Waals surface area contributed by atoms with Crippen LogP contribution in [-0.4, -0.2) is 58.1 Å². The first-order chi connectivity index (χ1) is 14.3. The molecular formula is C21H26FN3O4S. The average Bonchev–Trinajstić information content (AvgIpc) is 2.74. The third-order valence-electron chi connectivity index (χ3n) is 4.93. The van der Waals surface area contributed by atoms with Crippen LogP contribution in [-0.2, 0) is 14.8 Å². The monoisotopic (exact) mass is 435 g/mol. The number of rotatable bonds is 7. The van der Waals surface area contributed by atoms with E-state index >= 15 is 0 Å². The summed E-state index contributed by atoms with van der Waals surface area (Å²) in [4.78, 5) is 16.5. The zero-order valence-electron chi connectivity index (χ0n) is 17.0. The smallest absolute Gasteiger partial charge is 0.241 e. The minimum Gasteiger partial charge on any atom is -0.494 e. The van der Waals surface area contributed by atoms with E-state index in [0.717, 1.165) is 5.69 Å². The van der Waals surface area contributed by atoms with Crippen molar-refractivity contribution < 1.29 is 22.3 Å². The maximum atomic E-state index is 13.1. The van der Waals surface area contributed by atoms with E-state index in [1.807, 2.05) is 6.92 Å². The van der Waals surface area contributed by atoms with Crippen molar-refractivity contribution in [3.8, 4) is 5.75 Å². The van der Waals surface area contributed by atoms with Gasteiger partial charge in [-0.05, 0) is 62.4 Å². The Labute approximate surface area is 176 Å². The summed E-state index contributed by atoms with van der Waals surface area (Å²) in [5.74, 6) is 0.0177. The van der Waals surface area contributed by atoms with Gasteiger partial charge in [-0.25, -0.2) is 12.8 Å². The van der Waals surface area contributed by atoms with Gasteiger partial charge in [-0.3, -0.25) is 4.79 Å². The van der Waals surface area contributed by atoms with Crippen LogP contribution in [0.25, 0.3) is 0 Å². The van der Waals surface area contributed by atoms with Crippen LogP contribution in [0.1, 0.15) is 13.8 Å². The first kappa shape index (κ1) is 22.0. The number of carbonyl (C=O) groups excluding carboxylic acids is 1. The second kappa shape index (κ2) is 9.44. The molecule has 0 unspecified atom stereocenters. The highest BCUT2D eigenvalue weighted by Crippen LogP contribution is 2.18. The molecule has 30 heavy (non-hydrogen) atoms. The van der Waals surface area contributed by atoms with Crippen molar-refractivity contribution in [2.45, 2.75) is 24.8 Å². The Bertz CT molecular complexity index is 957. The number of halogens is 1. The maximum Gasteiger partial charge on any atom is 0.241 e. The molecule has 1 saturated heterocycles. The number of amides is 1. The number of hydrogen-bond donors (Lipinski definition) is 1. The number of ether oxygens (including phenoxy) is 1. The van der Waals surface area contributed by atoms with Gasteiger partial charge in [0.2, 0.25) is 15.9 Å². The fraction of sp³-hybridized carbons (Fsp3) is 0.381. The lowest BCUT2D eigenvalue weighted by molar-refractivity contribution is -0.132. The predicted molar refractivity (Wildman–Crippen MR) is 113 cm³/mol. The molecule has 7 nitrogen and oxygen atoms in total. The number of benzene rings is 2. The van der Waals surface area contributed by atoms with Crippen molar-refractivity contribution in [2.75, 3.05) is 37.7 Å². The molecule has 2 aromatic rings. The van der Waals surface area contributed by atoms with Gasteiger partial charge in [0.1, 0.15) is 11.6 Å². The Balaban J connectivity index is 1.57. The van der Waals surface area contributed by atoms with Gasteiger partial charge in [-0.2, -0.15) is 4.72 Å². The molecular weight excluding hydrogens is 409 g/mol. The van der Waals surface area contributed by atoms with Crippen molar-refractivity contribution in [1.29, 1.82) is 0 Å². The number of carbonyl (C=O) groups is 1. The largest absolute Gasteiger partial charge is 0.494 e. The number of hydrogen-bond acceptors (Lipinski definition) is 5. The molecule has 0 bridgehead atoms. The number of piperazine rings is 1. The van der Waals surface area contributed by atoms with Gasteiger partial charge in [-0.15, -0.1) is 0 Å². The SMILES string of the molecule is CCOc1ccc(S(=O)(=O)N[C@@H](C)C(=O)N2CCN(c3ccc(F)cc3)CC2)cc1. The summed E-state index contributed by atoms with van der Waals surface area (Å²) in [6.07, 6.45) is 0.